The molecule has 0 aliphatic heterocycles. The normalized spacial score (nSPS) is 12.0. The van der Waals surface area contributed by atoms with Crippen molar-refractivity contribution in [3.05, 3.63) is 102 Å². The Bertz CT molecular complexity index is 1360. The van der Waals surface area contributed by atoms with Crippen LogP contribution in [0.25, 0.3) is 32.3 Å². The minimum absolute atomic E-state index is 0.193. The summed E-state index contributed by atoms with van der Waals surface area (Å²) in [6.45, 7) is 0. The first-order chi connectivity index (χ1) is 14.3. The Labute approximate surface area is 168 Å². The van der Waals surface area contributed by atoms with Crippen molar-refractivity contribution >= 4 is 44.7 Å². The number of hydrogen-bond donors (Lipinski definition) is 1. The lowest BCUT2D eigenvalue weighted by Crippen LogP contribution is -1.88. The van der Waals surface area contributed by atoms with Crippen molar-refractivity contribution in [1.29, 1.82) is 0 Å². The lowest BCUT2D eigenvalue weighted by molar-refractivity contribution is 0.475. The second kappa shape index (κ2) is 7.21. The van der Waals surface area contributed by atoms with Crippen molar-refractivity contribution in [2.24, 2.45) is 10.2 Å². The molecule has 0 radical (unpaired) electrons. The summed E-state index contributed by atoms with van der Waals surface area (Å²) in [5, 5.41) is 25.4. The number of fused-ring (bicyclic) bond motifs is 3. The average Bonchev–Trinajstić information content (AvgIpc) is 2.76. The van der Waals surface area contributed by atoms with E-state index in [1.165, 1.54) is 10.8 Å². The smallest absolute Gasteiger partial charge is 0.125 e. The molecule has 0 bridgehead atoms. The van der Waals surface area contributed by atoms with E-state index >= 15 is 0 Å². The summed E-state index contributed by atoms with van der Waals surface area (Å²) in [6, 6.07) is 30.3. The van der Waals surface area contributed by atoms with E-state index in [0.717, 1.165) is 27.1 Å². The van der Waals surface area contributed by atoms with Gasteiger partial charge in [-0.1, -0.05) is 72.8 Å². The van der Waals surface area contributed by atoms with E-state index in [9.17, 15) is 5.11 Å². The van der Waals surface area contributed by atoms with Crippen LogP contribution in [-0.2, 0) is 0 Å². The molecule has 0 heterocycles. The highest BCUT2D eigenvalue weighted by atomic mass is 16.3. The van der Waals surface area contributed by atoms with Crippen LogP contribution < -0.4 is 0 Å². The number of nitrogens with zero attached hydrogens (tertiary/aromatic N) is 2. The number of phenolic OH excluding ortho intramolecular Hbond substituents is 1. The van der Waals surface area contributed by atoms with Gasteiger partial charge in [0.2, 0.25) is 0 Å². The number of phenols is 1. The zero-order chi connectivity index (χ0) is 19.6. The molecule has 5 rings (SSSR count). The van der Waals surface area contributed by atoms with E-state index in [1.54, 1.807) is 18.5 Å². The van der Waals surface area contributed by atoms with Gasteiger partial charge < -0.3 is 5.11 Å². The maximum absolute atomic E-state index is 10.3. The lowest BCUT2D eigenvalue weighted by atomic mass is 9.97. The fraction of sp³-hybridized carbons (Fsp3) is 0. The molecule has 0 aromatic heterocycles. The van der Waals surface area contributed by atoms with E-state index < -0.39 is 0 Å². The average molecular weight is 374 g/mol. The summed E-state index contributed by atoms with van der Waals surface area (Å²) in [5.41, 5.74) is 1.68. The molecule has 0 unspecified atom stereocenters. The van der Waals surface area contributed by atoms with Crippen LogP contribution in [0.15, 0.2) is 101 Å². The maximum Gasteiger partial charge on any atom is 0.125 e. The first-order valence-corrected chi connectivity index (χ1v) is 9.48. The number of rotatable bonds is 3. The third-order valence-corrected chi connectivity index (χ3v) is 5.16. The van der Waals surface area contributed by atoms with Crippen LogP contribution >= 0.6 is 0 Å². The molecule has 138 valence electrons. The van der Waals surface area contributed by atoms with Gasteiger partial charge in [0.1, 0.15) is 5.75 Å². The predicted molar refractivity (Wildman–Crippen MR) is 122 cm³/mol. The van der Waals surface area contributed by atoms with E-state index in [4.69, 9.17) is 0 Å². The zero-order valence-corrected chi connectivity index (χ0v) is 15.7. The van der Waals surface area contributed by atoms with Gasteiger partial charge in [0, 0.05) is 11.1 Å². The first kappa shape index (κ1) is 17.1. The molecule has 5 aromatic carbocycles. The van der Waals surface area contributed by atoms with Gasteiger partial charge in [-0.05, 0) is 50.5 Å². The molecule has 3 nitrogen and oxygen atoms in total. The fourth-order valence-corrected chi connectivity index (χ4v) is 3.72. The van der Waals surface area contributed by atoms with Crippen LogP contribution in [0.3, 0.4) is 0 Å². The Morgan fingerprint density at radius 1 is 0.552 bits per heavy atom. The number of aromatic hydroxyl groups is 1. The van der Waals surface area contributed by atoms with Crippen molar-refractivity contribution < 1.29 is 5.11 Å². The second-order valence-corrected chi connectivity index (χ2v) is 6.98. The molecule has 1 N–H and O–H groups in total. The highest BCUT2D eigenvalue weighted by Gasteiger charge is 2.05. The largest absolute Gasteiger partial charge is 0.507 e. The molecule has 0 aliphatic rings. The van der Waals surface area contributed by atoms with Gasteiger partial charge in [-0.2, -0.15) is 10.2 Å². The van der Waals surface area contributed by atoms with Crippen LogP contribution in [0, 0.1) is 0 Å². The second-order valence-electron chi connectivity index (χ2n) is 6.98. The molecule has 5 aromatic rings. The van der Waals surface area contributed by atoms with Gasteiger partial charge in [-0.3, -0.25) is 0 Å². The zero-order valence-electron chi connectivity index (χ0n) is 15.7. The molecule has 0 saturated carbocycles. The molecule has 0 saturated heterocycles. The Morgan fingerprint density at radius 3 is 1.72 bits per heavy atom. The topological polar surface area (TPSA) is 45.0 Å². The Morgan fingerprint density at radius 2 is 1.07 bits per heavy atom. The summed E-state index contributed by atoms with van der Waals surface area (Å²) in [7, 11) is 0. The monoisotopic (exact) mass is 374 g/mol. The van der Waals surface area contributed by atoms with Crippen LogP contribution in [-0.4, -0.2) is 17.5 Å². The van der Waals surface area contributed by atoms with Crippen molar-refractivity contribution in [2.75, 3.05) is 0 Å². The van der Waals surface area contributed by atoms with E-state index in [-0.39, 0.29) is 5.75 Å². The molecule has 0 spiro atoms. The number of benzene rings is 5. The van der Waals surface area contributed by atoms with Crippen molar-refractivity contribution in [3.8, 4) is 5.75 Å². The van der Waals surface area contributed by atoms with E-state index in [0.29, 0.717) is 5.56 Å². The Balaban J connectivity index is 1.55. The highest BCUT2D eigenvalue weighted by Crippen LogP contribution is 2.27. The van der Waals surface area contributed by atoms with Crippen molar-refractivity contribution in [3.63, 3.8) is 0 Å². The molecule has 29 heavy (non-hydrogen) atoms. The van der Waals surface area contributed by atoms with Crippen LogP contribution in [0.2, 0.25) is 0 Å². The summed E-state index contributed by atoms with van der Waals surface area (Å²) in [4.78, 5) is 0. The van der Waals surface area contributed by atoms with Gasteiger partial charge >= 0.3 is 0 Å². The molecule has 0 aliphatic carbocycles. The Hall–Kier alpha value is -3.98. The van der Waals surface area contributed by atoms with E-state index in [1.807, 2.05) is 54.6 Å². The lowest BCUT2D eigenvalue weighted by Gasteiger charge is -2.07. The maximum atomic E-state index is 10.3. The quantitative estimate of drug-likeness (QED) is 0.225. The summed E-state index contributed by atoms with van der Waals surface area (Å²) >= 11 is 0. The molecular formula is C26H18N2O. The summed E-state index contributed by atoms with van der Waals surface area (Å²) in [6.07, 6.45) is 3.38. The van der Waals surface area contributed by atoms with Gasteiger partial charge in [0.25, 0.3) is 0 Å². The summed E-state index contributed by atoms with van der Waals surface area (Å²) in [5.74, 6) is 0.193. The van der Waals surface area contributed by atoms with Gasteiger partial charge in [0.15, 0.2) is 0 Å². The minimum atomic E-state index is 0.193. The summed E-state index contributed by atoms with van der Waals surface area (Å²) < 4.78 is 0. The van der Waals surface area contributed by atoms with Gasteiger partial charge in [0.05, 0.1) is 12.4 Å². The highest BCUT2D eigenvalue weighted by molar-refractivity contribution is 6.13. The van der Waals surface area contributed by atoms with Crippen LogP contribution in [0.1, 0.15) is 11.1 Å². The van der Waals surface area contributed by atoms with Crippen molar-refractivity contribution in [2.45, 2.75) is 0 Å². The van der Waals surface area contributed by atoms with Gasteiger partial charge in [-0.15, -0.1) is 0 Å². The molecular weight excluding hydrogens is 356 g/mol. The fourth-order valence-electron chi connectivity index (χ4n) is 3.72. The standard InChI is InChI=1S/C26H18N2O/c29-26-15-19-8-2-1-7-18(19)13-22(26)16-27-28-17-25-23-11-5-3-9-20(23)14-21-10-4-6-12-24(21)25/h1-17,29H/b27-16+,28-17+. The van der Waals surface area contributed by atoms with Crippen LogP contribution in [0.5, 0.6) is 5.75 Å². The SMILES string of the molecule is Oc1cc2ccccc2cc1/C=N/N=C/c1c2ccccc2cc2ccccc12. The van der Waals surface area contributed by atoms with Crippen LogP contribution in [0.4, 0.5) is 0 Å². The number of hydrogen-bond acceptors (Lipinski definition) is 3. The van der Waals surface area contributed by atoms with E-state index in [2.05, 4.69) is 40.5 Å². The Kier molecular flexibility index (Phi) is 4.26. The molecule has 0 fully saturated rings. The molecule has 0 atom stereocenters. The van der Waals surface area contributed by atoms with Crippen molar-refractivity contribution in [1.82, 2.24) is 0 Å². The third kappa shape index (κ3) is 3.23. The first-order valence-electron chi connectivity index (χ1n) is 9.48. The van der Waals surface area contributed by atoms with Gasteiger partial charge in [-0.25, -0.2) is 0 Å². The predicted octanol–water partition coefficient (Wildman–Crippen LogP) is 6.30. The molecule has 3 heteroatoms. The minimum Gasteiger partial charge on any atom is -0.507 e. The third-order valence-electron chi connectivity index (χ3n) is 5.16. The molecule has 0 amide bonds.